The molecular weight excluding hydrogens is 206 g/mol. The van der Waals surface area contributed by atoms with Gasteiger partial charge in [0.15, 0.2) is 0 Å². The standard InChI is InChI=1S/C7H6BrN3/c8-7-6(10)5(1-3-9)2-4-11-7/h2,4H,1,10H2. The second kappa shape index (κ2) is 3.35. The van der Waals surface area contributed by atoms with Crippen LogP contribution in [0.3, 0.4) is 0 Å². The number of nitrogens with zero attached hydrogens (tertiary/aromatic N) is 2. The Labute approximate surface area is 73.0 Å². The van der Waals surface area contributed by atoms with Crippen LogP contribution >= 0.6 is 15.9 Å². The highest BCUT2D eigenvalue weighted by Gasteiger charge is 2.01. The average Bonchev–Trinajstić information content (AvgIpc) is 1.99. The minimum Gasteiger partial charge on any atom is -0.396 e. The number of nitrogen functional groups attached to an aromatic ring is 1. The van der Waals surface area contributed by atoms with E-state index in [9.17, 15) is 0 Å². The maximum absolute atomic E-state index is 8.39. The molecule has 1 aromatic heterocycles. The lowest BCUT2D eigenvalue weighted by Gasteiger charge is -2.00. The summed E-state index contributed by atoms with van der Waals surface area (Å²) in [5.41, 5.74) is 6.97. The second-order valence-corrected chi connectivity index (χ2v) is 2.76. The van der Waals surface area contributed by atoms with E-state index in [0.717, 1.165) is 5.56 Å². The molecule has 0 unspecified atom stereocenters. The van der Waals surface area contributed by atoms with Crippen molar-refractivity contribution >= 4 is 21.6 Å². The van der Waals surface area contributed by atoms with Gasteiger partial charge in [0.05, 0.1) is 18.2 Å². The molecule has 56 valence electrons. The normalized spacial score (nSPS) is 9.09. The third-order valence-electron chi connectivity index (χ3n) is 1.30. The van der Waals surface area contributed by atoms with Gasteiger partial charge in [-0.3, -0.25) is 0 Å². The van der Waals surface area contributed by atoms with Gasteiger partial charge in [-0.2, -0.15) is 5.26 Å². The zero-order valence-corrected chi connectivity index (χ0v) is 7.30. The molecule has 0 aliphatic heterocycles. The smallest absolute Gasteiger partial charge is 0.129 e. The van der Waals surface area contributed by atoms with Gasteiger partial charge in [0.25, 0.3) is 0 Å². The molecule has 0 radical (unpaired) electrons. The van der Waals surface area contributed by atoms with Gasteiger partial charge >= 0.3 is 0 Å². The van der Waals surface area contributed by atoms with E-state index in [1.807, 2.05) is 6.07 Å². The molecule has 0 fully saturated rings. The van der Waals surface area contributed by atoms with Crippen LogP contribution in [0, 0.1) is 11.3 Å². The number of aromatic nitrogens is 1. The first-order chi connectivity index (χ1) is 5.25. The largest absolute Gasteiger partial charge is 0.396 e. The van der Waals surface area contributed by atoms with Crippen LogP contribution in [0.25, 0.3) is 0 Å². The van der Waals surface area contributed by atoms with Gasteiger partial charge in [0.2, 0.25) is 0 Å². The van der Waals surface area contributed by atoms with E-state index in [4.69, 9.17) is 11.0 Å². The fourth-order valence-corrected chi connectivity index (χ4v) is 1.10. The summed E-state index contributed by atoms with van der Waals surface area (Å²) in [5.74, 6) is 0. The van der Waals surface area contributed by atoms with Crippen LogP contribution in [0.5, 0.6) is 0 Å². The molecule has 0 saturated heterocycles. The van der Waals surface area contributed by atoms with Gasteiger partial charge in [0.1, 0.15) is 4.60 Å². The van der Waals surface area contributed by atoms with Crippen LogP contribution in [0.15, 0.2) is 16.9 Å². The van der Waals surface area contributed by atoms with Crippen molar-refractivity contribution in [2.24, 2.45) is 0 Å². The Morgan fingerprint density at radius 1 is 1.73 bits per heavy atom. The summed E-state index contributed by atoms with van der Waals surface area (Å²) in [6, 6.07) is 3.76. The SMILES string of the molecule is N#CCc1ccnc(Br)c1N. The predicted octanol–water partition coefficient (Wildman–Crippen LogP) is 1.49. The second-order valence-electron chi connectivity index (χ2n) is 2.01. The van der Waals surface area contributed by atoms with E-state index in [2.05, 4.69) is 20.9 Å². The highest BCUT2D eigenvalue weighted by atomic mass is 79.9. The molecule has 0 saturated carbocycles. The zero-order chi connectivity index (χ0) is 8.27. The third kappa shape index (κ3) is 1.69. The zero-order valence-electron chi connectivity index (χ0n) is 5.71. The molecule has 2 N–H and O–H groups in total. The van der Waals surface area contributed by atoms with Crippen LogP contribution in [0.1, 0.15) is 5.56 Å². The van der Waals surface area contributed by atoms with Gasteiger partial charge in [0, 0.05) is 6.20 Å². The first kappa shape index (κ1) is 8.02. The molecule has 0 spiro atoms. The third-order valence-corrected chi connectivity index (χ3v) is 1.93. The molecule has 0 atom stereocenters. The van der Waals surface area contributed by atoms with Crippen LogP contribution in [0.4, 0.5) is 5.69 Å². The van der Waals surface area contributed by atoms with Crippen molar-refractivity contribution in [2.45, 2.75) is 6.42 Å². The van der Waals surface area contributed by atoms with Gasteiger partial charge in [-0.1, -0.05) is 0 Å². The first-order valence-electron chi connectivity index (χ1n) is 3.01. The molecule has 11 heavy (non-hydrogen) atoms. The maximum atomic E-state index is 8.39. The number of nitriles is 1. The van der Waals surface area contributed by atoms with Crippen molar-refractivity contribution in [3.05, 3.63) is 22.4 Å². The van der Waals surface area contributed by atoms with E-state index in [0.29, 0.717) is 16.7 Å². The Hall–Kier alpha value is -1.08. The maximum Gasteiger partial charge on any atom is 0.129 e. The number of anilines is 1. The van der Waals surface area contributed by atoms with E-state index in [1.165, 1.54) is 0 Å². The lowest BCUT2D eigenvalue weighted by atomic mass is 10.2. The Morgan fingerprint density at radius 2 is 2.45 bits per heavy atom. The highest BCUT2D eigenvalue weighted by Crippen LogP contribution is 2.20. The molecule has 1 rings (SSSR count). The number of hydrogen-bond donors (Lipinski definition) is 1. The summed E-state index contributed by atoms with van der Waals surface area (Å²) in [6.45, 7) is 0. The van der Waals surface area contributed by atoms with E-state index in [-0.39, 0.29) is 0 Å². The van der Waals surface area contributed by atoms with Crippen molar-refractivity contribution in [2.75, 3.05) is 5.73 Å². The Morgan fingerprint density at radius 3 is 3.09 bits per heavy atom. The minimum absolute atomic E-state index is 0.326. The minimum atomic E-state index is 0.326. The van der Waals surface area contributed by atoms with Crippen LogP contribution in [-0.2, 0) is 6.42 Å². The molecule has 1 heterocycles. The Balaban J connectivity index is 3.08. The molecule has 3 nitrogen and oxygen atoms in total. The summed E-state index contributed by atoms with van der Waals surface area (Å²) in [6.07, 6.45) is 1.94. The number of hydrogen-bond acceptors (Lipinski definition) is 3. The Kier molecular flexibility index (Phi) is 2.44. The monoisotopic (exact) mass is 211 g/mol. The quantitative estimate of drug-likeness (QED) is 0.717. The van der Waals surface area contributed by atoms with Gasteiger partial charge in [-0.05, 0) is 27.6 Å². The fraction of sp³-hybridized carbons (Fsp3) is 0.143. The molecular formula is C7H6BrN3. The summed E-state index contributed by atoms with van der Waals surface area (Å²) in [7, 11) is 0. The topological polar surface area (TPSA) is 62.7 Å². The van der Waals surface area contributed by atoms with Crippen LogP contribution in [-0.4, -0.2) is 4.98 Å². The molecule has 0 aliphatic rings. The van der Waals surface area contributed by atoms with Crippen LogP contribution in [0.2, 0.25) is 0 Å². The van der Waals surface area contributed by atoms with Gasteiger partial charge in [-0.15, -0.1) is 0 Å². The number of halogens is 1. The van der Waals surface area contributed by atoms with E-state index < -0.39 is 0 Å². The summed E-state index contributed by atoms with van der Waals surface area (Å²) >= 11 is 3.17. The average molecular weight is 212 g/mol. The summed E-state index contributed by atoms with van der Waals surface area (Å²) in [5, 5.41) is 8.39. The number of nitrogens with two attached hydrogens (primary N) is 1. The summed E-state index contributed by atoms with van der Waals surface area (Å²) in [4.78, 5) is 3.90. The lowest BCUT2D eigenvalue weighted by Crippen LogP contribution is -1.95. The molecule has 0 bridgehead atoms. The fourth-order valence-electron chi connectivity index (χ4n) is 0.724. The Bertz CT molecular complexity index is 303. The lowest BCUT2D eigenvalue weighted by molar-refractivity contribution is 1.19. The van der Waals surface area contributed by atoms with Crippen molar-refractivity contribution < 1.29 is 0 Å². The predicted molar refractivity (Wildman–Crippen MR) is 45.7 cm³/mol. The number of rotatable bonds is 1. The molecule has 0 aliphatic carbocycles. The number of pyridine rings is 1. The van der Waals surface area contributed by atoms with Crippen molar-refractivity contribution in [1.82, 2.24) is 4.98 Å². The molecule has 0 aromatic carbocycles. The van der Waals surface area contributed by atoms with E-state index in [1.54, 1.807) is 12.3 Å². The van der Waals surface area contributed by atoms with Crippen LogP contribution < -0.4 is 5.73 Å². The molecule has 0 amide bonds. The van der Waals surface area contributed by atoms with Gasteiger partial charge in [-0.25, -0.2) is 4.98 Å². The summed E-state index contributed by atoms with van der Waals surface area (Å²) < 4.78 is 0.602. The van der Waals surface area contributed by atoms with Gasteiger partial charge < -0.3 is 5.73 Å². The molecule has 4 heteroatoms. The van der Waals surface area contributed by atoms with E-state index >= 15 is 0 Å². The first-order valence-corrected chi connectivity index (χ1v) is 3.81. The highest BCUT2D eigenvalue weighted by molar-refractivity contribution is 9.10. The molecule has 1 aromatic rings. The van der Waals surface area contributed by atoms with Crippen molar-refractivity contribution in [3.8, 4) is 6.07 Å². The van der Waals surface area contributed by atoms with Crippen molar-refractivity contribution in [3.63, 3.8) is 0 Å². The van der Waals surface area contributed by atoms with Crippen molar-refractivity contribution in [1.29, 1.82) is 5.26 Å².